The molecule has 0 saturated carbocycles. The van der Waals surface area contributed by atoms with Gasteiger partial charge in [0, 0.05) is 11.3 Å². The number of nitrogens with one attached hydrogen (secondary N) is 1. The average molecular weight is 267 g/mol. The smallest absolute Gasteiger partial charge is 0.271 e. The van der Waals surface area contributed by atoms with Gasteiger partial charge in [0.2, 0.25) is 0 Å². The zero-order valence-corrected chi connectivity index (χ0v) is 11.3. The molecule has 0 atom stereocenters. The number of hydrazone groups is 1. The molecule has 0 saturated heterocycles. The first kappa shape index (κ1) is 13.8. The summed E-state index contributed by atoms with van der Waals surface area (Å²) >= 11 is 0. The fourth-order valence-corrected chi connectivity index (χ4v) is 1.80. The Labute approximate surface area is 118 Å². The van der Waals surface area contributed by atoms with Crippen molar-refractivity contribution in [2.24, 2.45) is 5.10 Å². The predicted molar refractivity (Wildman–Crippen MR) is 81.6 cm³/mol. The van der Waals surface area contributed by atoms with E-state index in [1.807, 2.05) is 37.3 Å². The lowest BCUT2D eigenvalue weighted by Crippen LogP contribution is -2.19. The van der Waals surface area contributed by atoms with Crippen molar-refractivity contribution in [1.29, 1.82) is 0 Å². The number of carbonyl (C=O) groups is 1. The Morgan fingerprint density at radius 2 is 1.70 bits per heavy atom. The van der Waals surface area contributed by atoms with Crippen molar-refractivity contribution in [2.75, 3.05) is 5.73 Å². The summed E-state index contributed by atoms with van der Waals surface area (Å²) in [4.78, 5) is 11.9. The third kappa shape index (κ3) is 3.45. The predicted octanol–water partition coefficient (Wildman–Crippen LogP) is 2.81. The zero-order valence-electron chi connectivity index (χ0n) is 11.3. The highest BCUT2D eigenvalue weighted by molar-refractivity contribution is 6.02. The van der Waals surface area contributed by atoms with Gasteiger partial charge in [-0.3, -0.25) is 4.79 Å². The van der Waals surface area contributed by atoms with Gasteiger partial charge in [0.05, 0.1) is 5.71 Å². The number of nitrogen functional groups attached to an aromatic ring is 1. The van der Waals surface area contributed by atoms with Gasteiger partial charge in [-0.2, -0.15) is 5.10 Å². The fraction of sp³-hybridized carbons (Fsp3) is 0.125. The molecule has 20 heavy (non-hydrogen) atoms. The molecule has 0 aromatic heterocycles. The van der Waals surface area contributed by atoms with E-state index in [2.05, 4.69) is 10.5 Å². The second-order valence-corrected chi connectivity index (χ2v) is 4.34. The largest absolute Gasteiger partial charge is 0.399 e. The van der Waals surface area contributed by atoms with Crippen LogP contribution in [0.25, 0.3) is 0 Å². The third-order valence-corrected chi connectivity index (χ3v) is 2.91. The number of hydrogen-bond donors (Lipinski definition) is 2. The summed E-state index contributed by atoms with van der Waals surface area (Å²) in [5, 5.41) is 4.20. The third-order valence-electron chi connectivity index (χ3n) is 2.91. The first-order valence-electron chi connectivity index (χ1n) is 6.48. The summed E-state index contributed by atoms with van der Waals surface area (Å²) in [6.07, 6.45) is 0.742. The number of amides is 1. The van der Waals surface area contributed by atoms with Gasteiger partial charge in [0.15, 0.2) is 0 Å². The van der Waals surface area contributed by atoms with Gasteiger partial charge in [0.25, 0.3) is 5.91 Å². The maximum atomic E-state index is 11.9. The Morgan fingerprint density at radius 1 is 1.05 bits per heavy atom. The van der Waals surface area contributed by atoms with Crippen LogP contribution in [0.15, 0.2) is 59.7 Å². The summed E-state index contributed by atoms with van der Waals surface area (Å²) in [5.41, 5.74) is 11.2. The van der Waals surface area contributed by atoms with Crippen LogP contribution in [0.1, 0.15) is 29.3 Å². The Kier molecular flexibility index (Phi) is 4.50. The molecule has 1 amide bonds. The van der Waals surface area contributed by atoms with Gasteiger partial charge in [-0.1, -0.05) is 37.3 Å². The molecule has 0 aliphatic rings. The molecule has 0 aliphatic carbocycles. The summed E-state index contributed by atoms with van der Waals surface area (Å²) in [6.45, 7) is 2.00. The van der Waals surface area contributed by atoms with E-state index in [-0.39, 0.29) is 5.91 Å². The quantitative estimate of drug-likeness (QED) is 0.508. The molecular formula is C16H17N3O. The zero-order chi connectivity index (χ0) is 14.4. The minimum atomic E-state index is -0.244. The van der Waals surface area contributed by atoms with Crippen molar-refractivity contribution < 1.29 is 4.79 Å². The number of rotatable bonds is 4. The molecule has 102 valence electrons. The lowest BCUT2D eigenvalue weighted by atomic mass is 10.1. The van der Waals surface area contributed by atoms with E-state index in [1.54, 1.807) is 24.3 Å². The number of benzene rings is 2. The number of carbonyl (C=O) groups excluding carboxylic acids is 1. The van der Waals surface area contributed by atoms with Crippen molar-refractivity contribution in [3.05, 3.63) is 65.7 Å². The Bertz CT molecular complexity index is 603. The molecule has 0 aliphatic heterocycles. The van der Waals surface area contributed by atoms with Crippen LogP contribution in [0.3, 0.4) is 0 Å². The van der Waals surface area contributed by atoms with Crippen molar-refractivity contribution in [1.82, 2.24) is 5.43 Å². The number of nitrogens with zero attached hydrogens (tertiary/aromatic N) is 1. The SMILES string of the molecule is CC/C(=N\NC(=O)c1ccc(N)cc1)c1ccccc1. The fourth-order valence-electron chi connectivity index (χ4n) is 1.80. The number of hydrogen-bond acceptors (Lipinski definition) is 3. The van der Waals surface area contributed by atoms with E-state index in [4.69, 9.17) is 5.73 Å². The Balaban J connectivity index is 2.11. The minimum absolute atomic E-state index is 0.244. The second-order valence-electron chi connectivity index (χ2n) is 4.34. The van der Waals surface area contributed by atoms with Gasteiger partial charge in [-0.25, -0.2) is 5.43 Å². The molecule has 2 aromatic carbocycles. The van der Waals surface area contributed by atoms with Crippen LogP contribution in [0, 0.1) is 0 Å². The van der Waals surface area contributed by atoms with Crippen molar-refractivity contribution in [3.63, 3.8) is 0 Å². The molecule has 4 nitrogen and oxygen atoms in total. The van der Waals surface area contributed by atoms with Gasteiger partial charge in [-0.15, -0.1) is 0 Å². The van der Waals surface area contributed by atoms with E-state index in [0.717, 1.165) is 17.7 Å². The highest BCUT2D eigenvalue weighted by Gasteiger charge is 2.05. The monoisotopic (exact) mass is 267 g/mol. The highest BCUT2D eigenvalue weighted by Crippen LogP contribution is 2.06. The van der Waals surface area contributed by atoms with Crippen LogP contribution < -0.4 is 11.2 Å². The van der Waals surface area contributed by atoms with Crippen molar-refractivity contribution >= 4 is 17.3 Å². The molecule has 0 bridgehead atoms. The molecule has 0 spiro atoms. The summed E-state index contributed by atoms with van der Waals surface area (Å²) in [6, 6.07) is 16.5. The van der Waals surface area contributed by atoms with Crippen LogP contribution >= 0.6 is 0 Å². The Hall–Kier alpha value is -2.62. The van der Waals surface area contributed by atoms with Crippen molar-refractivity contribution in [2.45, 2.75) is 13.3 Å². The normalized spacial score (nSPS) is 11.2. The lowest BCUT2D eigenvalue weighted by molar-refractivity contribution is 0.0955. The number of nitrogens with two attached hydrogens (primary N) is 1. The summed E-state index contributed by atoms with van der Waals surface area (Å²) in [7, 11) is 0. The maximum Gasteiger partial charge on any atom is 0.271 e. The van der Waals surface area contributed by atoms with Gasteiger partial charge in [-0.05, 0) is 36.2 Å². The van der Waals surface area contributed by atoms with Crippen LogP contribution in [-0.4, -0.2) is 11.6 Å². The van der Waals surface area contributed by atoms with E-state index in [9.17, 15) is 4.79 Å². The lowest BCUT2D eigenvalue weighted by Gasteiger charge is -2.05. The molecular weight excluding hydrogens is 250 g/mol. The first-order valence-corrected chi connectivity index (χ1v) is 6.48. The van der Waals surface area contributed by atoms with Crippen LogP contribution in [0.5, 0.6) is 0 Å². The molecule has 0 radical (unpaired) electrons. The van der Waals surface area contributed by atoms with Crippen LogP contribution in [0.2, 0.25) is 0 Å². The van der Waals surface area contributed by atoms with Gasteiger partial charge < -0.3 is 5.73 Å². The summed E-state index contributed by atoms with van der Waals surface area (Å²) < 4.78 is 0. The Morgan fingerprint density at radius 3 is 2.30 bits per heavy atom. The molecule has 2 rings (SSSR count). The highest BCUT2D eigenvalue weighted by atomic mass is 16.2. The topological polar surface area (TPSA) is 67.5 Å². The minimum Gasteiger partial charge on any atom is -0.399 e. The maximum absolute atomic E-state index is 11.9. The van der Waals surface area contributed by atoms with E-state index in [0.29, 0.717) is 11.3 Å². The summed E-state index contributed by atoms with van der Waals surface area (Å²) in [5.74, 6) is -0.244. The van der Waals surface area contributed by atoms with Crippen LogP contribution in [-0.2, 0) is 0 Å². The van der Waals surface area contributed by atoms with E-state index < -0.39 is 0 Å². The van der Waals surface area contributed by atoms with Gasteiger partial charge in [0.1, 0.15) is 0 Å². The molecule has 4 heteroatoms. The second kappa shape index (κ2) is 6.52. The molecule has 3 N–H and O–H groups in total. The van der Waals surface area contributed by atoms with E-state index in [1.165, 1.54) is 0 Å². The van der Waals surface area contributed by atoms with E-state index >= 15 is 0 Å². The van der Waals surface area contributed by atoms with Crippen LogP contribution in [0.4, 0.5) is 5.69 Å². The first-order chi connectivity index (χ1) is 9.70. The van der Waals surface area contributed by atoms with Crippen molar-refractivity contribution in [3.8, 4) is 0 Å². The van der Waals surface area contributed by atoms with Gasteiger partial charge >= 0.3 is 0 Å². The molecule has 2 aromatic rings. The molecule has 0 unspecified atom stereocenters. The molecule has 0 heterocycles. The average Bonchev–Trinajstić information content (AvgIpc) is 2.49. The number of anilines is 1. The standard InChI is InChI=1S/C16H17N3O/c1-2-15(12-6-4-3-5-7-12)18-19-16(20)13-8-10-14(17)11-9-13/h3-11H,2,17H2,1H3,(H,19,20)/b18-15+. The molecule has 0 fully saturated rings.